The van der Waals surface area contributed by atoms with Gasteiger partial charge in [0.25, 0.3) is 0 Å². The molecule has 13 rings (SSSR count). The van der Waals surface area contributed by atoms with Gasteiger partial charge < -0.3 is 13.4 Å². The van der Waals surface area contributed by atoms with E-state index in [0.29, 0.717) is 0 Å². The van der Waals surface area contributed by atoms with Crippen LogP contribution in [0.25, 0.3) is 126 Å². The lowest BCUT2D eigenvalue weighted by atomic mass is 9.98. The Hall–Kier alpha value is -7.76. The predicted molar refractivity (Wildman–Crippen MR) is 234 cm³/mol. The molecule has 4 heterocycles. The third-order valence-electron chi connectivity index (χ3n) is 11.7. The fraction of sp³-hybridized carbons (Fsp3) is 0. The molecular weight excluding hydrogens is 699 g/mol. The summed E-state index contributed by atoms with van der Waals surface area (Å²) in [6.07, 6.45) is 0. The first kappa shape index (κ1) is 30.6. The van der Waals surface area contributed by atoms with Gasteiger partial charge in [-0.25, -0.2) is 9.97 Å². The highest BCUT2D eigenvalue weighted by Gasteiger charge is 2.26. The minimum absolute atomic E-state index is 0.809. The van der Waals surface area contributed by atoms with Crippen LogP contribution in [0.3, 0.4) is 0 Å². The molecular formula is C52H29N3O2. The Morgan fingerprint density at radius 1 is 0.404 bits per heavy atom. The lowest BCUT2D eigenvalue weighted by Gasteiger charge is -2.14. The average Bonchev–Trinajstić information content (AvgIpc) is 3.96. The number of hydrogen-bond acceptors (Lipinski definition) is 4. The molecule has 0 radical (unpaired) electrons. The lowest BCUT2D eigenvalue weighted by molar-refractivity contribution is 0.664. The van der Waals surface area contributed by atoms with Crippen molar-refractivity contribution in [1.82, 2.24) is 14.5 Å². The second kappa shape index (κ2) is 11.4. The first-order valence-corrected chi connectivity index (χ1v) is 19.2. The molecule has 0 bridgehead atoms. The fourth-order valence-electron chi connectivity index (χ4n) is 9.26. The van der Waals surface area contributed by atoms with Gasteiger partial charge in [-0.05, 0) is 52.6 Å². The van der Waals surface area contributed by atoms with Crippen molar-refractivity contribution in [2.24, 2.45) is 0 Å². The molecule has 4 aromatic heterocycles. The second-order valence-electron chi connectivity index (χ2n) is 14.8. The Labute approximate surface area is 324 Å². The van der Waals surface area contributed by atoms with E-state index in [0.717, 1.165) is 126 Å². The number of rotatable bonds is 3. The van der Waals surface area contributed by atoms with Crippen molar-refractivity contribution >= 4 is 98.3 Å². The monoisotopic (exact) mass is 727 g/mol. The molecule has 0 aliphatic rings. The summed E-state index contributed by atoms with van der Waals surface area (Å²) in [6, 6.07) is 61.5. The molecule has 57 heavy (non-hydrogen) atoms. The van der Waals surface area contributed by atoms with E-state index in [9.17, 15) is 0 Å². The minimum Gasteiger partial charge on any atom is -0.455 e. The van der Waals surface area contributed by atoms with Gasteiger partial charge in [0.15, 0.2) is 5.58 Å². The van der Waals surface area contributed by atoms with E-state index in [2.05, 4.69) is 150 Å². The zero-order valence-electron chi connectivity index (χ0n) is 30.4. The Balaban J connectivity index is 1.18. The molecule has 0 N–H and O–H groups in total. The molecule has 9 aromatic carbocycles. The largest absolute Gasteiger partial charge is 0.455 e. The Morgan fingerprint density at radius 2 is 0.982 bits per heavy atom. The van der Waals surface area contributed by atoms with Gasteiger partial charge in [-0.1, -0.05) is 140 Å². The SMILES string of the molecule is c1ccc(-c2nc3ccc4ccc5ccc(-n6c7ccccc7c7c8c9ccccc9oc8c8c9ccccc9oc8c76)cc5c4c3nc2-c2ccccc2)cc1. The summed E-state index contributed by atoms with van der Waals surface area (Å²) in [4.78, 5) is 10.9. The summed E-state index contributed by atoms with van der Waals surface area (Å²) >= 11 is 0. The van der Waals surface area contributed by atoms with E-state index < -0.39 is 0 Å². The lowest BCUT2D eigenvalue weighted by Crippen LogP contribution is -1.97. The number of furan rings is 2. The van der Waals surface area contributed by atoms with E-state index in [-0.39, 0.29) is 0 Å². The van der Waals surface area contributed by atoms with Crippen LogP contribution in [0, 0.1) is 0 Å². The Bertz CT molecular complexity index is 3800. The molecule has 264 valence electrons. The summed E-state index contributed by atoms with van der Waals surface area (Å²) in [7, 11) is 0. The quantitative estimate of drug-likeness (QED) is 0.170. The van der Waals surface area contributed by atoms with Crippen LogP contribution in [0.2, 0.25) is 0 Å². The average molecular weight is 728 g/mol. The zero-order valence-corrected chi connectivity index (χ0v) is 30.4. The second-order valence-corrected chi connectivity index (χ2v) is 14.8. The summed E-state index contributed by atoms with van der Waals surface area (Å²) in [5, 5.41) is 10.9. The van der Waals surface area contributed by atoms with Crippen LogP contribution in [-0.2, 0) is 0 Å². The topological polar surface area (TPSA) is 57.0 Å². The number of aromatic nitrogens is 3. The molecule has 0 aliphatic heterocycles. The van der Waals surface area contributed by atoms with Crippen molar-refractivity contribution in [1.29, 1.82) is 0 Å². The smallest absolute Gasteiger partial charge is 0.163 e. The van der Waals surface area contributed by atoms with Crippen molar-refractivity contribution in [2.45, 2.75) is 0 Å². The van der Waals surface area contributed by atoms with Crippen LogP contribution in [-0.4, -0.2) is 14.5 Å². The number of benzene rings is 9. The van der Waals surface area contributed by atoms with Gasteiger partial charge in [0.05, 0.1) is 38.8 Å². The standard InChI is InChI=1S/C52H29N3O2/c1-3-13-32(14-4-1)47-48(33-15-5-2-6-16-33)54-49-39(53-47)28-26-31-24-23-30-25-27-34(29-38(30)43(31)49)55-40-20-10-7-17-35(40)44-45-36-18-8-11-21-41(36)56-51(45)46-37-19-9-12-22-42(37)57-52(46)50(44)55/h1-29H. The molecule has 5 heteroatoms. The van der Waals surface area contributed by atoms with Gasteiger partial charge in [-0.15, -0.1) is 0 Å². The van der Waals surface area contributed by atoms with Gasteiger partial charge in [-0.2, -0.15) is 0 Å². The van der Waals surface area contributed by atoms with Gasteiger partial charge >= 0.3 is 0 Å². The first-order valence-electron chi connectivity index (χ1n) is 19.2. The number of nitrogens with zero attached hydrogens (tertiary/aromatic N) is 3. The number of para-hydroxylation sites is 3. The van der Waals surface area contributed by atoms with Crippen molar-refractivity contribution in [3.8, 4) is 28.2 Å². The van der Waals surface area contributed by atoms with Crippen molar-refractivity contribution < 1.29 is 8.83 Å². The van der Waals surface area contributed by atoms with Crippen LogP contribution < -0.4 is 0 Å². The Kier molecular flexibility index (Phi) is 6.10. The molecule has 0 spiro atoms. The summed E-state index contributed by atoms with van der Waals surface area (Å²) in [6.45, 7) is 0. The molecule has 13 aromatic rings. The van der Waals surface area contributed by atoms with Crippen LogP contribution in [0.15, 0.2) is 185 Å². The maximum Gasteiger partial charge on any atom is 0.163 e. The third kappa shape index (κ3) is 4.23. The summed E-state index contributed by atoms with van der Waals surface area (Å²) < 4.78 is 16.0. The highest BCUT2D eigenvalue weighted by atomic mass is 16.3. The maximum absolute atomic E-state index is 6.88. The minimum atomic E-state index is 0.809. The molecule has 0 saturated carbocycles. The normalized spacial score (nSPS) is 12.2. The summed E-state index contributed by atoms with van der Waals surface area (Å²) in [5.41, 5.74) is 12.0. The predicted octanol–water partition coefficient (Wildman–Crippen LogP) is 14.2. The highest BCUT2D eigenvalue weighted by Crippen LogP contribution is 2.49. The Morgan fingerprint density at radius 3 is 1.74 bits per heavy atom. The molecule has 0 atom stereocenters. The van der Waals surface area contributed by atoms with Crippen LogP contribution in [0.4, 0.5) is 0 Å². The van der Waals surface area contributed by atoms with Crippen molar-refractivity contribution in [3.05, 3.63) is 176 Å². The van der Waals surface area contributed by atoms with E-state index in [1.165, 1.54) is 0 Å². The van der Waals surface area contributed by atoms with Crippen molar-refractivity contribution in [2.75, 3.05) is 0 Å². The van der Waals surface area contributed by atoms with Gasteiger partial charge in [-0.3, -0.25) is 0 Å². The van der Waals surface area contributed by atoms with E-state index in [1.54, 1.807) is 0 Å². The number of fused-ring (bicyclic) bond motifs is 17. The molecule has 0 fully saturated rings. The zero-order chi connectivity index (χ0) is 37.2. The molecule has 0 amide bonds. The van der Waals surface area contributed by atoms with Crippen LogP contribution >= 0.6 is 0 Å². The maximum atomic E-state index is 6.88. The van der Waals surface area contributed by atoms with Crippen molar-refractivity contribution in [3.63, 3.8) is 0 Å². The molecule has 0 saturated heterocycles. The molecule has 0 unspecified atom stereocenters. The van der Waals surface area contributed by atoms with Crippen LogP contribution in [0.5, 0.6) is 0 Å². The fourth-order valence-corrected chi connectivity index (χ4v) is 9.26. The van der Waals surface area contributed by atoms with Gasteiger partial charge in [0.2, 0.25) is 0 Å². The van der Waals surface area contributed by atoms with E-state index >= 15 is 0 Å². The van der Waals surface area contributed by atoms with E-state index in [4.69, 9.17) is 18.8 Å². The number of hydrogen-bond donors (Lipinski definition) is 0. The molecule has 5 nitrogen and oxygen atoms in total. The van der Waals surface area contributed by atoms with Gasteiger partial charge in [0, 0.05) is 49.1 Å². The van der Waals surface area contributed by atoms with Gasteiger partial charge in [0.1, 0.15) is 16.7 Å². The van der Waals surface area contributed by atoms with Crippen LogP contribution in [0.1, 0.15) is 0 Å². The summed E-state index contributed by atoms with van der Waals surface area (Å²) in [5.74, 6) is 0. The highest BCUT2D eigenvalue weighted by molar-refractivity contribution is 6.38. The van der Waals surface area contributed by atoms with E-state index in [1.807, 2.05) is 30.3 Å². The molecule has 0 aliphatic carbocycles. The first-order chi connectivity index (χ1) is 28.3. The third-order valence-corrected chi connectivity index (χ3v) is 11.7.